The van der Waals surface area contributed by atoms with E-state index in [1.165, 1.54) is 28.0 Å². The highest BCUT2D eigenvalue weighted by Gasteiger charge is 2.11. The maximum Gasteiger partial charge on any atom is 0.119 e. The summed E-state index contributed by atoms with van der Waals surface area (Å²) in [5.74, 6) is 0.895. The zero-order valence-electron chi connectivity index (χ0n) is 12.6. The van der Waals surface area contributed by atoms with E-state index in [2.05, 4.69) is 73.6 Å². The highest BCUT2D eigenvalue weighted by molar-refractivity contribution is 5.98. The van der Waals surface area contributed by atoms with E-state index in [1.807, 2.05) is 6.07 Å². The van der Waals surface area contributed by atoms with Gasteiger partial charge in [0.1, 0.15) is 5.75 Å². The molecule has 1 aliphatic carbocycles. The predicted molar refractivity (Wildman–Crippen MR) is 90.7 cm³/mol. The van der Waals surface area contributed by atoms with Gasteiger partial charge in [-0.1, -0.05) is 30.4 Å². The van der Waals surface area contributed by atoms with Crippen molar-refractivity contribution in [3.05, 3.63) is 65.2 Å². The molecule has 2 nitrogen and oxygen atoms in total. The minimum absolute atomic E-state index is 0.895. The summed E-state index contributed by atoms with van der Waals surface area (Å²) in [6.07, 6.45) is 6.51. The number of hydrogen-bond donors (Lipinski definition) is 0. The molecule has 2 aromatic rings. The van der Waals surface area contributed by atoms with Gasteiger partial charge in [-0.25, -0.2) is 0 Å². The highest BCUT2D eigenvalue weighted by Crippen LogP contribution is 2.33. The van der Waals surface area contributed by atoms with E-state index < -0.39 is 0 Å². The smallest absolute Gasteiger partial charge is 0.119 e. The van der Waals surface area contributed by atoms with Crippen LogP contribution in [0.1, 0.15) is 16.7 Å². The van der Waals surface area contributed by atoms with Gasteiger partial charge in [0.15, 0.2) is 0 Å². The van der Waals surface area contributed by atoms with E-state index in [0.717, 1.165) is 5.75 Å². The van der Waals surface area contributed by atoms with Gasteiger partial charge < -0.3 is 9.64 Å². The normalized spacial score (nSPS) is 14.3. The number of hydrogen-bond acceptors (Lipinski definition) is 2. The standard InChI is InChI=1S/C19H19NO/c1-20(2)17-9-4-14(5-10-17)12-16-7-6-15-8-11-18(21-3)13-19(15)16/h4-13H,1-3H3/b16-12+. The molecular formula is C19H19NO. The Morgan fingerprint density at radius 1 is 0.952 bits per heavy atom. The van der Waals surface area contributed by atoms with Gasteiger partial charge in [-0.2, -0.15) is 0 Å². The number of nitrogens with zero attached hydrogens (tertiary/aromatic N) is 1. The molecule has 0 saturated heterocycles. The fraction of sp³-hybridized carbons (Fsp3) is 0.158. The average molecular weight is 277 g/mol. The number of methoxy groups -OCH3 is 1. The Kier molecular flexibility index (Phi) is 3.53. The summed E-state index contributed by atoms with van der Waals surface area (Å²) >= 11 is 0. The van der Waals surface area contributed by atoms with Crippen molar-refractivity contribution in [2.45, 2.75) is 0 Å². The van der Waals surface area contributed by atoms with Crippen LogP contribution in [-0.2, 0) is 0 Å². The summed E-state index contributed by atoms with van der Waals surface area (Å²) in [5.41, 5.74) is 6.11. The molecule has 0 aromatic heterocycles. The molecule has 0 atom stereocenters. The summed E-state index contributed by atoms with van der Waals surface area (Å²) in [4.78, 5) is 2.10. The molecule has 0 fully saturated rings. The molecule has 0 N–H and O–H groups in total. The van der Waals surface area contributed by atoms with Crippen molar-refractivity contribution in [1.82, 2.24) is 0 Å². The van der Waals surface area contributed by atoms with Gasteiger partial charge in [0.25, 0.3) is 0 Å². The number of benzene rings is 2. The number of ether oxygens (including phenoxy) is 1. The van der Waals surface area contributed by atoms with Gasteiger partial charge in [-0.3, -0.25) is 0 Å². The lowest BCUT2D eigenvalue weighted by Gasteiger charge is -2.12. The van der Waals surface area contributed by atoms with Crippen LogP contribution >= 0.6 is 0 Å². The molecule has 2 heteroatoms. The van der Waals surface area contributed by atoms with Crippen LogP contribution in [-0.4, -0.2) is 21.2 Å². The number of anilines is 1. The monoisotopic (exact) mass is 277 g/mol. The Morgan fingerprint density at radius 2 is 1.71 bits per heavy atom. The summed E-state index contributed by atoms with van der Waals surface area (Å²) in [6, 6.07) is 14.8. The number of allylic oxidation sites excluding steroid dienone is 2. The molecule has 0 unspecified atom stereocenters. The van der Waals surface area contributed by atoms with Crippen LogP contribution in [0.4, 0.5) is 5.69 Å². The first-order valence-corrected chi connectivity index (χ1v) is 7.03. The van der Waals surface area contributed by atoms with Gasteiger partial charge in [-0.15, -0.1) is 0 Å². The van der Waals surface area contributed by atoms with Crippen molar-refractivity contribution in [3.8, 4) is 5.75 Å². The quantitative estimate of drug-likeness (QED) is 0.828. The Bertz CT molecular complexity index is 709. The minimum atomic E-state index is 0.895. The molecule has 1 aliphatic rings. The first-order valence-electron chi connectivity index (χ1n) is 7.03. The summed E-state index contributed by atoms with van der Waals surface area (Å²) in [6.45, 7) is 0. The van der Waals surface area contributed by atoms with E-state index in [-0.39, 0.29) is 0 Å². The van der Waals surface area contributed by atoms with Crippen LogP contribution in [0.25, 0.3) is 17.7 Å². The third-order valence-corrected chi connectivity index (χ3v) is 3.75. The van der Waals surface area contributed by atoms with Crippen molar-refractivity contribution >= 4 is 23.4 Å². The number of rotatable bonds is 3. The third kappa shape index (κ3) is 2.70. The molecule has 0 heterocycles. The Hall–Kier alpha value is -2.48. The predicted octanol–water partition coefficient (Wildman–Crippen LogP) is 4.33. The van der Waals surface area contributed by atoms with Gasteiger partial charge in [0.2, 0.25) is 0 Å². The Labute approximate surface area is 126 Å². The Morgan fingerprint density at radius 3 is 2.38 bits per heavy atom. The van der Waals surface area contributed by atoms with Gasteiger partial charge >= 0.3 is 0 Å². The second-order valence-corrected chi connectivity index (χ2v) is 5.37. The third-order valence-electron chi connectivity index (χ3n) is 3.75. The maximum atomic E-state index is 5.32. The summed E-state index contributed by atoms with van der Waals surface area (Å²) in [5, 5.41) is 0. The van der Waals surface area contributed by atoms with Crippen LogP contribution in [0.2, 0.25) is 0 Å². The zero-order valence-corrected chi connectivity index (χ0v) is 12.6. The lowest BCUT2D eigenvalue weighted by molar-refractivity contribution is 0.414. The van der Waals surface area contributed by atoms with Crippen LogP contribution in [0.15, 0.2) is 48.5 Å². The highest BCUT2D eigenvalue weighted by atomic mass is 16.5. The minimum Gasteiger partial charge on any atom is -0.497 e. The van der Waals surface area contributed by atoms with Crippen LogP contribution < -0.4 is 9.64 Å². The molecule has 0 bridgehead atoms. The molecule has 21 heavy (non-hydrogen) atoms. The first kappa shape index (κ1) is 13.5. The molecule has 0 amide bonds. The molecular weight excluding hydrogens is 258 g/mol. The molecule has 0 aliphatic heterocycles. The maximum absolute atomic E-state index is 5.32. The van der Waals surface area contributed by atoms with Gasteiger partial charge in [-0.05, 0) is 52.6 Å². The lowest BCUT2D eigenvalue weighted by atomic mass is 10.0. The first-order chi connectivity index (χ1) is 10.2. The van der Waals surface area contributed by atoms with Crippen LogP contribution in [0.3, 0.4) is 0 Å². The van der Waals surface area contributed by atoms with Crippen molar-refractivity contribution in [2.24, 2.45) is 0 Å². The fourth-order valence-electron chi connectivity index (χ4n) is 2.50. The molecule has 0 radical (unpaired) electrons. The van der Waals surface area contributed by atoms with Crippen LogP contribution in [0.5, 0.6) is 5.75 Å². The van der Waals surface area contributed by atoms with Gasteiger partial charge in [0, 0.05) is 19.8 Å². The SMILES string of the molecule is COc1ccc2c(c1)/C(=C/c1ccc(N(C)C)cc1)C=C2. The topological polar surface area (TPSA) is 12.5 Å². The van der Waals surface area contributed by atoms with Crippen molar-refractivity contribution < 1.29 is 4.74 Å². The zero-order chi connectivity index (χ0) is 14.8. The lowest BCUT2D eigenvalue weighted by Crippen LogP contribution is -2.07. The summed E-state index contributed by atoms with van der Waals surface area (Å²) in [7, 11) is 5.80. The molecule has 3 rings (SSSR count). The van der Waals surface area contributed by atoms with E-state index >= 15 is 0 Å². The second-order valence-electron chi connectivity index (χ2n) is 5.37. The van der Waals surface area contributed by atoms with E-state index in [0.29, 0.717) is 0 Å². The molecule has 0 saturated carbocycles. The molecule has 0 spiro atoms. The average Bonchev–Trinajstić information content (AvgIpc) is 2.90. The molecule has 106 valence electrons. The van der Waals surface area contributed by atoms with E-state index in [1.54, 1.807) is 7.11 Å². The fourth-order valence-corrected chi connectivity index (χ4v) is 2.50. The Balaban J connectivity index is 1.94. The molecule has 2 aromatic carbocycles. The van der Waals surface area contributed by atoms with Gasteiger partial charge in [0.05, 0.1) is 7.11 Å². The largest absolute Gasteiger partial charge is 0.497 e. The van der Waals surface area contributed by atoms with Crippen molar-refractivity contribution in [2.75, 3.05) is 26.1 Å². The van der Waals surface area contributed by atoms with E-state index in [9.17, 15) is 0 Å². The van der Waals surface area contributed by atoms with E-state index in [4.69, 9.17) is 4.74 Å². The van der Waals surface area contributed by atoms with Crippen LogP contribution in [0, 0.1) is 0 Å². The summed E-state index contributed by atoms with van der Waals surface area (Å²) < 4.78 is 5.32. The van der Waals surface area contributed by atoms with Crippen molar-refractivity contribution in [1.29, 1.82) is 0 Å². The second kappa shape index (κ2) is 5.49. The number of fused-ring (bicyclic) bond motifs is 1. The van der Waals surface area contributed by atoms with Crippen molar-refractivity contribution in [3.63, 3.8) is 0 Å².